The van der Waals surface area contributed by atoms with Crippen molar-refractivity contribution in [2.45, 2.75) is 46.1 Å². The van der Waals surface area contributed by atoms with Gasteiger partial charge >= 0.3 is 0 Å². The van der Waals surface area contributed by atoms with Crippen LogP contribution in [0.4, 0.5) is 0 Å². The Morgan fingerprint density at radius 1 is 1.17 bits per heavy atom. The van der Waals surface area contributed by atoms with E-state index >= 15 is 0 Å². The highest BCUT2D eigenvalue weighted by molar-refractivity contribution is 5.95. The molecule has 0 aliphatic carbocycles. The largest absolute Gasteiger partial charge is 0.349 e. The van der Waals surface area contributed by atoms with Gasteiger partial charge in [-0.3, -0.25) is 24.1 Å². The molecular weight excluding hydrogens is 364 g/mol. The number of hydrogen-bond acceptors (Lipinski definition) is 4. The van der Waals surface area contributed by atoms with E-state index in [4.69, 9.17) is 0 Å². The molecule has 0 radical (unpaired) electrons. The van der Waals surface area contributed by atoms with Gasteiger partial charge in [-0.15, -0.1) is 0 Å². The van der Waals surface area contributed by atoms with Crippen LogP contribution in [0.5, 0.6) is 0 Å². The molecule has 29 heavy (non-hydrogen) atoms. The van der Waals surface area contributed by atoms with E-state index in [9.17, 15) is 9.59 Å². The lowest BCUT2D eigenvalue weighted by Gasteiger charge is -2.16. The Balaban J connectivity index is 1.88. The fourth-order valence-corrected chi connectivity index (χ4v) is 3.24. The van der Waals surface area contributed by atoms with Crippen LogP contribution in [0.3, 0.4) is 0 Å². The highest BCUT2D eigenvalue weighted by Gasteiger charge is 2.19. The van der Waals surface area contributed by atoms with Gasteiger partial charge in [-0.05, 0) is 49.1 Å². The summed E-state index contributed by atoms with van der Waals surface area (Å²) >= 11 is 0. The minimum absolute atomic E-state index is 0.161. The average Bonchev–Trinajstić information content (AvgIpc) is 2.68. The zero-order chi connectivity index (χ0) is 21.0. The smallest absolute Gasteiger partial charge is 0.268 e. The van der Waals surface area contributed by atoms with Crippen LogP contribution in [0.2, 0.25) is 0 Å². The van der Waals surface area contributed by atoms with E-state index in [0.29, 0.717) is 17.9 Å². The van der Waals surface area contributed by atoms with Crippen molar-refractivity contribution < 1.29 is 4.79 Å². The molecular formula is C23H26N4O2. The maximum absolute atomic E-state index is 13.1. The summed E-state index contributed by atoms with van der Waals surface area (Å²) in [6.07, 6.45) is 7.16. The third-order valence-electron chi connectivity index (χ3n) is 4.85. The number of aryl methyl sites for hydroxylation is 1. The lowest BCUT2D eigenvalue weighted by molar-refractivity contribution is 0.0937. The quantitative estimate of drug-likeness (QED) is 0.700. The van der Waals surface area contributed by atoms with Gasteiger partial charge in [-0.2, -0.15) is 0 Å². The second-order valence-electron chi connectivity index (χ2n) is 7.57. The summed E-state index contributed by atoms with van der Waals surface area (Å²) in [6, 6.07) is 9.44. The predicted octanol–water partition coefficient (Wildman–Crippen LogP) is 3.42. The van der Waals surface area contributed by atoms with Gasteiger partial charge in [0.2, 0.25) is 0 Å². The molecule has 0 saturated heterocycles. The van der Waals surface area contributed by atoms with E-state index < -0.39 is 0 Å². The summed E-state index contributed by atoms with van der Waals surface area (Å²) in [7, 11) is 0. The van der Waals surface area contributed by atoms with E-state index in [1.54, 1.807) is 37.8 Å². The number of nitrogens with one attached hydrogen (secondary N) is 1. The van der Waals surface area contributed by atoms with Gasteiger partial charge in [0, 0.05) is 42.9 Å². The maximum Gasteiger partial charge on any atom is 0.268 e. The van der Waals surface area contributed by atoms with Gasteiger partial charge in [-0.25, -0.2) is 0 Å². The number of aromatic nitrogens is 3. The first-order chi connectivity index (χ1) is 13.9. The fraction of sp³-hybridized carbons (Fsp3) is 0.304. The Morgan fingerprint density at radius 3 is 2.66 bits per heavy atom. The van der Waals surface area contributed by atoms with Crippen LogP contribution in [0.1, 0.15) is 53.9 Å². The van der Waals surface area contributed by atoms with Crippen molar-refractivity contribution in [1.29, 1.82) is 0 Å². The Kier molecular flexibility index (Phi) is 6.22. The van der Waals surface area contributed by atoms with Crippen molar-refractivity contribution in [3.8, 4) is 5.69 Å². The van der Waals surface area contributed by atoms with Crippen LogP contribution in [-0.4, -0.2) is 26.5 Å². The summed E-state index contributed by atoms with van der Waals surface area (Å²) < 4.78 is 1.53. The molecule has 1 amide bonds. The van der Waals surface area contributed by atoms with Crippen LogP contribution in [0, 0.1) is 6.92 Å². The fourth-order valence-electron chi connectivity index (χ4n) is 3.24. The van der Waals surface area contributed by atoms with Gasteiger partial charge in [0.1, 0.15) is 5.56 Å². The van der Waals surface area contributed by atoms with Crippen molar-refractivity contribution in [3.63, 3.8) is 0 Å². The van der Waals surface area contributed by atoms with Crippen LogP contribution in [0.25, 0.3) is 5.69 Å². The summed E-state index contributed by atoms with van der Waals surface area (Å²) in [4.78, 5) is 34.3. The second-order valence-corrected chi connectivity index (χ2v) is 7.57. The lowest BCUT2D eigenvalue weighted by atomic mass is 10.0. The van der Waals surface area contributed by atoms with Gasteiger partial charge in [0.05, 0.1) is 5.69 Å². The molecule has 1 aromatic carbocycles. The normalized spacial score (nSPS) is 12.0. The molecule has 6 nitrogen and oxygen atoms in total. The highest BCUT2D eigenvalue weighted by Crippen LogP contribution is 2.18. The first kappa shape index (κ1) is 20.5. The molecule has 0 aliphatic heterocycles. The molecule has 2 aromatic heterocycles. The highest BCUT2D eigenvalue weighted by atomic mass is 16.2. The summed E-state index contributed by atoms with van der Waals surface area (Å²) in [5.74, 6) is -0.0286. The number of amides is 1. The summed E-state index contributed by atoms with van der Waals surface area (Å²) in [5, 5.41) is 2.91. The molecule has 3 rings (SSSR count). The molecule has 6 heteroatoms. The molecule has 2 heterocycles. The van der Waals surface area contributed by atoms with E-state index in [2.05, 4.69) is 29.1 Å². The molecule has 0 bridgehead atoms. The van der Waals surface area contributed by atoms with E-state index in [0.717, 1.165) is 16.9 Å². The van der Waals surface area contributed by atoms with Crippen molar-refractivity contribution in [2.24, 2.45) is 0 Å². The number of carbonyl (C=O) groups is 1. The molecule has 0 aliphatic rings. The number of pyridine rings is 1. The Labute approximate surface area is 170 Å². The molecule has 0 saturated carbocycles. The molecule has 1 atom stereocenters. The van der Waals surface area contributed by atoms with Crippen molar-refractivity contribution in [1.82, 2.24) is 19.9 Å². The monoisotopic (exact) mass is 390 g/mol. The van der Waals surface area contributed by atoms with Crippen LogP contribution in [-0.2, 0) is 6.42 Å². The zero-order valence-electron chi connectivity index (χ0n) is 17.2. The number of carbonyl (C=O) groups excluding carboxylic acids is 1. The van der Waals surface area contributed by atoms with Gasteiger partial charge in [-0.1, -0.05) is 26.0 Å². The van der Waals surface area contributed by atoms with E-state index in [-0.39, 0.29) is 23.1 Å². The maximum atomic E-state index is 13.1. The Morgan fingerprint density at radius 2 is 1.97 bits per heavy atom. The first-order valence-corrected chi connectivity index (χ1v) is 9.75. The molecule has 1 N–H and O–H groups in total. The standard InChI is InChI=1S/C23H26N4O2/c1-15(2)18-6-5-7-20(13-18)27-11-8-16(3)21(23(27)29)22(28)26-17(4)12-19-14-24-9-10-25-19/h5-11,13-15,17H,12H2,1-4H3,(H,26,28). The number of hydrogen-bond donors (Lipinski definition) is 1. The minimum Gasteiger partial charge on any atom is -0.349 e. The second kappa shape index (κ2) is 8.82. The number of rotatable bonds is 6. The molecule has 3 aromatic rings. The molecule has 1 unspecified atom stereocenters. The average molecular weight is 390 g/mol. The SMILES string of the molecule is Cc1ccn(-c2cccc(C(C)C)c2)c(=O)c1C(=O)NC(C)Cc1cnccn1. The van der Waals surface area contributed by atoms with Crippen molar-refractivity contribution in [2.75, 3.05) is 0 Å². The first-order valence-electron chi connectivity index (χ1n) is 9.75. The summed E-state index contributed by atoms with van der Waals surface area (Å²) in [6.45, 7) is 7.87. The topological polar surface area (TPSA) is 76.9 Å². The number of benzene rings is 1. The van der Waals surface area contributed by atoms with Gasteiger partial charge < -0.3 is 5.32 Å². The van der Waals surface area contributed by atoms with Gasteiger partial charge in [0.25, 0.3) is 11.5 Å². The third-order valence-corrected chi connectivity index (χ3v) is 4.85. The predicted molar refractivity (Wildman–Crippen MR) is 114 cm³/mol. The molecule has 0 spiro atoms. The zero-order valence-corrected chi connectivity index (χ0v) is 17.2. The van der Waals surface area contributed by atoms with Gasteiger partial charge in [0.15, 0.2) is 0 Å². The minimum atomic E-state index is -0.377. The number of nitrogens with zero attached hydrogens (tertiary/aromatic N) is 3. The molecule has 0 fully saturated rings. The van der Waals surface area contributed by atoms with E-state index in [1.807, 2.05) is 31.2 Å². The summed E-state index contributed by atoms with van der Waals surface area (Å²) in [5.41, 5.74) is 3.16. The van der Waals surface area contributed by atoms with Crippen molar-refractivity contribution in [3.05, 3.63) is 87.9 Å². The van der Waals surface area contributed by atoms with Crippen molar-refractivity contribution >= 4 is 5.91 Å². The van der Waals surface area contributed by atoms with Crippen LogP contribution in [0.15, 0.2) is 59.9 Å². The van der Waals surface area contributed by atoms with Crippen LogP contribution >= 0.6 is 0 Å². The Hall–Kier alpha value is -3.28. The van der Waals surface area contributed by atoms with Crippen LogP contribution < -0.4 is 10.9 Å². The third kappa shape index (κ3) is 4.77. The molecule has 150 valence electrons. The lowest BCUT2D eigenvalue weighted by Crippen LogP contribution is -2.39. The Bertz CT molecular complexity index is 1060. The van der Waals surface area contributed by atoms with E-state index in [1.165, 1.54) is 4.57 Å².